The first-order valence-electron chi connectivity index (χ1n) is 8.02. The van der Waals surface area contributed by atoms with E-state index in [1.165, 1.54) is 13.1 Å². The molecule has 1 aliphatic rings. The van der Waals surface area contributed by atoms with Crippen molar-refractivity contribution in [2.24, 2.45) is 12.8 Å². The van der Waals surface area contributed by atoms with E-state index in [1.807, 2.05) is 29.2 Å². The van der Waals surface area contributed by atoms with E-state index in [-0.39, 0.29) is 17.3 Å². The summed E-state index contributed by atoms with van der Waals surface area (Å²) >= 11 is 3.52. The SMILES string of the molecule is Cn1c(=O)cc(N2CCCC(N)C2)n(Cc2ccccc2Br)c1=O. The number of aromatic nitrogens is 2. The van der Waals surface area contributed by atoms with E-state index < -0.39 is 0 Å². The van der Waals surface area contributed by atoms with Crippen LogP contribution in [0.3, 0.4) is 0 Å². The molecule has 6 nitrogen and oxygen atoms in total. The molecule has 1 atom stereocenters. The van der Waals surface area contributed by atoms with Gasteiger partial charge < -0.3 is 10.6 Å². The van der Waals surface area contributed by atoms with Crippen LogP contribution in [0.4, 0.5) is 5.82 Å². The van der Waals surface area contributed by atoms with Gasteiger partial charge >= 0.3 is 5.69 Å². The van der Waals surface area contributed by atoms with Crippen molar-refractivity contribution in [2.45, 2.75) is 25.4 Å². The molecule has 1 aromatic carbocycles. The van der Waals surface area contributed by atoms with Gasteiger partial charge in [-0.3, -0.25) is 13.9 Å². The molecule has 2 aromatic rings. The first-order chi connectivity index (χ1) is 11.5. The van der Waals surface area contributed by atoms with Gasteiger partial charge in [0.2, 0.25) is 0 Å². The molecular weight excluding hydrogens is 372 g/mol. The molecule has 0 aliphatic carbocycles. The summed E-state index contributed by atoms with van der Waals surface area (Å²) in [4.78, 5) is 26.9. The molecule has 0 radical (unpaired) electrons. The van der Waals surface area contributed by atoms with Gasteiger partial charge in [-0.1, -0.05) is 34.1 Å². The Labute approximate surface area is 148 Å². The number of piperidine rings is 1. The van der Waals surface area contributed by atoms with Gasteiger partial charge in [-0.25, -0.2) is 4.79 Å². The average molecular weight is 393 g/mol. The molecular formula is C17H21BrN4O2. The molecule has 1 aliphatic heterocycles. The van der Waals surface area contributed by atoms with Crippen molar-refractivity contribution in [1.29, 1.82) is 0 Å². The van der Waals surface area contributed by atoms with Gasteiger partial charge in [0.1, 0.15) is 5.82 Å². The predicted molar refractivity (Wildman–Crippen MR) is 98.6 cm³/mol. The minimum atomic E-state index is -0.313. The summed E-state index contributed by atoms with van der Waals surface area (Å²) in [6.45, 7) is 1.86. The first kappa shape index (κ1) is 17.0. The lowest BCUT2D eigenvalue weighted by molar-refractivity contribution is 0.491. The lowest BCUT2D eigenvalue weighted by Crippen LogP contribution is -2.47. The van der Waals surface area contributed by atoms with Crippen molar-refractivity contribution >= 4 is 21.7 Å². The van der Waals surface area contributed by atoms with Crippen LogP contribution >= 0.6 is 15.9 Å². The fourth-order valence-electron chi connectivity index (χ4n) is 3.08. The smallest absolute Gasteiger partial charge is 0.332 e. The van der Waals surface area contributed by atoms with E-state index in [4.69, 9.17) is 5.73 Å². The Kier molecular flexibility index (Phi) is 4.91. The molecule has 128 valence electrons. The maximum Gasteiger partial charge on any atom is 0.332 e. The van der Waals surface area contributed by atoms with Gasteiger partial charge in [0.25, 0.3) is 5.56 Å². The van der Waals surface area contributed by atoms with Crippen molar-refractivity contribution < 1.29 is 0 Å². The highest BCUT2D eigenvalue weighted by molar-refractivity contribution is 9.10. The summed E-state index contributed by atoms with van der Waals surface area (Å²) in [6.07, 6.45) is 1.93. The van der Waals surface area contributed by atoms with Gasteiger partial charge in [-0.2, -0.15) is 0 Å². The third-order valence-electron chi connectivity index (χ3n) is 4.45. The zero-order valence-electron chi connectivity index (χ0n) is 13.6. The third-order valence-corrected chi connectivity index (χ3v) is 5.22. The molecule has 0 spiro atoms. The van der Waals surface area contributed by atoms with Crippen molar-refractivity contribution in [3.63, 3.8) is 0 Å². The second-order valence-electron chi connectivity index (χ2n) is 6.21. The molecule has 1 saturated heterocycles. The van der Waals surface area contributed by atoms with E-state index >= 15 is 0 Å². The summed E-state index contributed by atoms with van der Waals surface area (Å²) in [7, 11) is 1.51. The number of nitrogens with zero attached hydrogens (tertiary/aromatic N) is 3. The highest BCUT2D eigenvalue weighted by atomic mass is 79.9. The van der Waals surface area contributed by atoms with Gasteiger partial charge in [-0.15, -0.1) is 0 Å². The monoisotopic (exact) mass is 392 g/mol. The fourth-order valence-corrected chi connectivity index (χ4v) is 3.49. The zero-order chi connectivity index (χ0) is 17.3. The lowest BCUT2D eigenvalue weighted by Gasteiger charge is -2.34. The number of halogens is 1. The van der Waals surface area contributed by atoms with Crippen LogP contribution in [-0.4, -0.2) is 28.3 Å². The molecule has 7 heteroatoms. The summed E-state index contributed by atoms with van der Waals surface area (Å²) in [5.74, 6) is 0.647. The number of hydrogen-bond acceptors (Lipinski definition) is 4. The fraction of sp³-hybridized carbons (Fsp3) is 0.412. The second kappa shape index (κ2) is 6.94. The topological polar surface area (TPSA) is 73.3 Å². The number of benzene rings is 1. The zero-order valence-corrected chi connectivity index (χ0v) is 15.2. The van der Waals surface area contributed by atoms with E-state index in [1.54, 1.807) is 4.57 Å². The molecule has 2 N–H and O–H groups in total. The number of rotatable bonds is 3. The summed E-state index contributed by atoms with van der Waals surface area (Å²) in [5, 5.41) is 0. The van der Waals surface area contributed by atoms with E-state index in [0.717, 1.165) is 34.0 Å². The Balaban J connectivity index is 2.09. The van der Waals surface area contributed by atoms with Crippen LogP contribution in [0.25, 0.3) is 0 Å². The molecule has 1 aromatic heterocycles. The molecule has 0 saturated carbocycles. The maximum atomic E-state index is 12.7. The highest BCUT2D eigenvalue weighted by Crippen LogP contribution is 2.21. The maximum absolute atomic E-state index is 12.7. The molecule has 2 heterocycles. The Morgan fingerprint density at radius 1 is 1.29 bits per heavy atom. The van der Waals surface area contributed by atoms with Gasteiger partial charge in [0.05, 0.1) is 6.54 Å². The normalized spacial score (nSPS) is 18.0. The molecule has 1 unspecified atom stereocenters. The van der Waals surface area contributed by atoms with Crippen LogP contribution in [0, 0.1) is 0 Å². The lowest BCUT2D eigenvalue weighted by atomic mass is 10.1. The number of anilines is 1. The molecule has 24 heavy (non-hydrogen) atoms. The predicted octanol–water partition coefficient (Wildman–Crippen LogP) is 1.29. The van der Waals surface area contributed by atoms with Crippen molar-refractivity contribution in [3.8, 4) is 0 Å². The first-order valence-corrected chi connectivity index (χ1v) is 8.81. The summed E-state index contributed by atoms with van der Waals surface area (Å²) in [6, 6.07) is 9.38. The Bertz CT molecular complexity index is 858. The second-order valence-corrected chi connectivity index (χ2v) is 7.06. The van der Waals surface area contributed by atoms with E-state index in [2.05, 4.69) is 15.9 Å². The van der Waals surface area contributed by atoms with Crippen molar-refractivity contribution in [2.75, 3.05) is 18.0 Å². The van der Waals surface area contributed by atoms with Crippen LogP contribution in [0.1, 0.15) is 18.4 Å². The number of hydrogen-bond donors (Lipinski definition) is 1. The average Bonchev–Trinajstić information content (AvgIpc) is 2.57. The molecule has 1 fully saturated rings. The Hall–Kier alpha value is -1.86. The van der Waals surface area contributed by atoms with Gasteiger partial charge in [-0.05, 0) is 24.5 Å². The Morgan fingerprint density at radius 3 is 2.75 bits per heavy atom. The quantitative estimate of drug-likeness (QED) is 0.853. The van der Waals surface area contributed by atoms with Crippen LogP contribution in [-0.2, 0) is 13.6 Å². The molecule has 3 rings (SSSR count). The van der Waals surface area contributed by atoms with Gasteiger partial charge in [0.15, 0.2) is 0 Å². The minimum Gasteiger partial charge on any atom is -0.356 e. The minimum absolute atomic E-state index is 0.0646. The Morgan fingerprint density at radius 2 is 2.04 bits per heavy atom. The van der Waals surface area contributed by atoms with E-state index in [9.17, 15) is 9.59 Å². The van der Waals surface area contributed by atoms with Crippen LogP contribution in [0.2, 0.25) is 0 Å². The summed E-state index contributed by atoms with van der Waals surface area (Å²) in [5.41, 5.74) is 6.46. The third kappa shape index (κ3) is 3.32. The van der Waals surface area contributed by atoms with Crippen molar-refractivity contribution in [3.05, 3.63) is 61.2 Å². The summed E-state index contributed by atoms with van der Waals surface area (Å²) < 4.78 is 3.73. The standard InChI is InChI=1S/C17H21BrN4O2/c1-20-16(23)9-15(21-8-4-6-13(19)11-21)22(17(20)24)10-12-5-2-3-7-14(12)18/h2-3,5,7,9,13H,4,6,8,10-11,19H2,1H3. The van der Waals surface area contributed by atoms with Crippen LogP contribution < -0.4 is 21.9 Å². The van der Waals surface area contributed by atoms with Gasteiger partial charge in [0, 0.05) is 36.7 Å². The number of nitrogens with two attached hydrogens (primary N) is 1. The molecule has 0 bridgehead atoms. The largest absolute Gasteiger partial charge is 0.356 e. The van der Waals surface area contributed by atoms with Crippen LogP contribution in [0.15, 0.2) is 44.4 Å². The van der Waals surface area contributed by atoms with Crippen molar-refractivity contribution in [1.82, 2.24) is 9.13 Å². The van der Waals surface area contributed by atoms with E-state index in [0.29, 0.717) is 18.9 Å². The highest BCUT2D eigenvalue weighted by Gasteiger charge is 2.21. The van der Waals surface area contributed by atoms with Crippen LogP contribution in [0.5, 0.6) is 0 Å². The molecule has 0 amide bonds.